The molecule has 3 heteroatoms. The number of aryl methyl sites for hydroxylation is 3. The van der Waals surface area contributed by atoms with E-state index >= 15 is 0 Å². The number of carboxylic acids is 1. The van der Waals surface area contributed by atoms with Gasteiger partial charge in [-0.3, -0.25) is 4.79 Å². The van der Waals surface area contributed by atoms with E-state index in [1.54, 1.807) is 37.3 Å². The average molecular weight is 268 g/mol. The highest BCUT2D eigenvalue weighted by Gasteiger charge is 2.19. The van der Waals surface area contributed by atoms with Gasteiger partial charge in [-0.2, -0.15) is 0 Å². The summed E-state index contributed by atoms with van der Waals surface area (Å²) in [6.45, 7) is 5.60. The van der Waals surface area contributed by atoms with Crippen LogP contribution in [-0.4, -0.2) is 16.9 Å². The van der Waals surface area contributed by atoms with Gasteiger partial charge in [-0.15, -0.1) is 0 Å². The molecule has 3 nitrogen and oxygen atoms in total. The Labute approximate surface area is 117 Å². The van der Waals surface area contributed by atoms with Gasteiger partial charge in [-0.1, -0.05) is 30.3 Å². The van der Waals surface area contributed by atoms with Crippen LogP contribution in [0, 0.1) is 20.8 Å². The van der Waals surface area contributed by atoms with Gasteiger partial charge in [0.25, 0.3) is 0 Å². The molecule has 0 fully saturated rings. The predicted molar refractivity (Wildman–Crippen MR) is 77.5 cm³/mol. The Morgan fingerprint density at radius 2 is 1.60 bits per heavy atom. The highest BCUT2D eigenvalue weighted by molar-refractivity contribution is 6.14. The van der Waals surface area contributed by atoms with Gasteiger partial charge in [0.2, 0.25) is 0 Å². The third-order valence-corrected chi connectivity index (χ3v) is 3.50. The van der Waals surface area contributed by atoms with Crippen molar-refractivity contribution in [3.05, 3.63) is 69.8 Å². The van der Waals surface area contributed by atoms with Crippen LogP contribution in [0.4, 0.5) is 0 Å². The molecular weight excluding hydrogens is 252 g/mol. The molecule has 0 aliphatic rings. The Kier molecular flexibility index (Phi) is 3.70. The highest BCUT2D eigenvalue weighted by Crippen LogP contribution is 2.20. The minimum Gasteiger partial charge on any atom is -0.478 e. The third kappa shape index (κ3) is 2.48. The van der Waals surface area contributed by atoms with Gasteiger partial charge in [0.15, 0.2) is 5.78 Å². The number of carboxylic acid groups (broad SMARTS) is 1. The zero-order valence-electron chi connectivity index (χ0n) is 11.7. The topological polar surface area (TPSA) is 54.4 Å². The molecular formula is C17H16O3. The second-order valence-electron chi connectivity index (χ2n) is 4.93. The van der Waals surface area contributed by atoms with Gasteiger partial charge in [-0.05, 0) is 43.5 Å². The second kappa shape index (κ2) is 5.29. The van der Waals surface area contributed by atoms with Gasteiger partial charge in [0.1, 0.15) is 0 Å². The molecule has 2 aromatic carbocycles. The molecule has 102 valence electrons. The van der Waals surface area contributed by atoms with E-state index in [-0.39, 0.29) is 16.9 Å². The summed E-state index contributed by atoms with van der Waals surface area (Å²) in [6.07, 6.45) is 0. The van der Waals surface area contributed by atoms with Crippen molar-refractivity contribution in [2.75, 3.05) is 0 Å². The van der Waals surface area contributed by atoms with Crippen LogP contribution in [0.3, 0.4) is 0 Å². The number of hydrogen-bond acceptors (Lipinski definition) is 2. The van der Waals surface area contributed by atoms with Crippen molar-refractivity contribution in [2.24, 2.45) is 0 Å². The van der Waals surface area contributed by atoms with E-state index < -0.39 is 5.97 Å². The highest BCUT2D eigenvalue weighted by atomic mass is 16.4. The van der Waals surface area contributed by atoms with Crippen LogP contribution >= 0.6 is 0 Å². The molecule has 2 aromatic rings. The lowest BCUT2D eigenvalue weighted by Crippen LogP contribution is -2.11. The predicted octanol–water partition coefficient (Wildman–Crippen LogP) is 3.54. The SMILES string of the molecule is Cc1ccc(C(=O)c2cccc(C)c2C(=O)O)cc1C. The maximum absolute atomic E-state index is 12.5. The maximum atomic E-state index is 12.5. The third-order valence-electron chi connectivity index (χ3n) is 3.50. The van der Waals surface area contributed by atoms with E-state index in [2.05, 4.69) is 0 Å². The molecule has 2 rings (SSSR count). The fraction of sp³-hybridized carbons (Fsp3) is 0.176. The number of ketones is 1. The zero-order valence-corrected chi connectivity index (χ0v) is 11.7. The fourth-order valence-corrected chi connectivity index (χ4v) is 2.18. The van der Waals surface area contributed by atoms with Crippen LogP contribution in [0.25, 0.3) is 0 Å². The van der Waals surface area contributed by atoms with Crippen molar-refractivity contribution >= 4 is 11.8 Å². The molecule has 0 unspecified atom stereocenters. The monoisotopic (exact) mass is 268 g/mol. The Hall–Kier alpha value is -2.42. The number of carbonyl (C=O) groups excluding carboxylic acids is 1. The van der Waals surface area contributed by atoms with Crippen LogP contribution in [0.2, 0.25) is 0 Å². The van der Waals surface area contributed by atoms with E-state index in [0.717, 1.165) is 11.1 Å². The first-order valence-electron chi connectivity index (χ1n) is 6.36. The van der Waals surface area contributed by atoms with Crippen molar-refractivity contribution in [3.8, 4) is 0 Å². The molecule has 0 aromatic heterocycles. The Morgan fingerprint density at radius 3 is 2.20 bits per heavy atom. The quantitative estimate of drug-likeness (QED) is 0.866. The lowest BCUT2D eigenvalue weighted by Gasteiger charge is -2.09. The number of hydrogen-bond donors (Lipinski definition) is 1. The van der Waals surface area contributed by atoms with Crippen LogP contribution in [-0.2, 0) is 0 Å². The van der Waals surface area contributed by atoms with Crippen molar-refractivity contribution in [2.45, 2.75) is 20.8 Å². The molecule has 0 saturated heterocycles. The van der Waals surface area contributed by atoms with Crippen LogP contribution < -0.4 is 0 Å². The van der Waals surface area contributed by atoms with E-state index in [0.29, 0.717) is 11.1 Å². The first kappa shape index (κ1) is 14.0. The Morgan fingerprint density at radius 1 is 0.900 bits per heavy atom. The summed E-state index contributed by atoms with van der Waals surface area (Å²) < 4.78 is 0. The molecule has 0 radical (unpaired) electrons. The number of carbonyl (C=O) groups is 2. The maximum Gasteiger partial charge on any atom is 0.336 e. The Bertz CT molecular complexity index is 699. The van der Waals surface area contributed by atoms with Gasteiger partial charge in [0.05, 0.1) is 5.56 Å². The van der Waals surface area contributed by atoms with Crippen molar-refractivity contribution in [1.29, 1.82) is 0 Å². The van der Waals surface area contributed by atoms with Gasteiger partial charge in [0, 0.05) is 11.1 Å². The molecule has 1 N–H and O–H groups in total. The summed E-state index contributed by atoms with van der Waals surface area (Å²) in [7, 11) is 0. The molecule has 0 atom stereocenters. The summed E-state index contributed by atoms with van der Waals surface area (Å²) in [5.41, 5.74) is 3.54. The van der Waals surface area contributed by atoms with Crippen LogP contribution in [0.1, 0.15) is 43.0 Å². The first-order chi connectivity index (χ1) is 9.41. The zero-order chi connectivity index (χ0) is 14.9. The minimum atomic E-state index is -1.07. The first-order valence-corrected chi connectivity index (χ1v) is 6.36. The summed E-state index contributed by atoms with van der Waals surface area (Å²) in [6, 6.07) is 10.4. The molecule has 20 heavy (non-hydrogen) atoms. The van der Waals surface area contributed by atoms with Gasteiger partial charge < -0.3 is 5.11 Å². The normalized spacial score (nSPS) is 10.3. The molecule has 0 spiro atoms. The molecule has 0 saturated carbocycles. The van der Waals surface area contributed by atoms with Gasteiger partial charge in [-0.25, -0.2) is 4.79 Å². The second-order valence-corrected chi connectivity index (χ2v) is 4.93. The molecule has 0 amide bonds. The smallest absolute Gasteiger partial charge is 0.336 e. The number of rotatable bonds is 3. The van der Waals surface area contributed by atoms with E-state index in [4.69, 9.17) is 0 Å². The molecule has 0 aliphatic heterocycles. The Balaban J connectivity index is 2.56. The van der Waals surface area contributed by atoms with Crippen molar-refractivity contribution in [3.63, 3.8) is 0 Å². The summed E-state index contributed by atoms with van der Waals surface area (Å²) in [4.78, 5) is 23.9. The fourth-order valence-electron chi connectivity index (χ4n) is 2.18. The summed E-state index contributed by atoms with van der Waals surface area (Å²) in [5, 5.41) is 9.29. The average Bonchev–Trinajstić information content (AvgIpc) is 2.40. The van der Waals surface area contributed by atoms with Crippen LogP contribution in [0.15, 0.2) is 36.4 Å². The largest absolute Gasteiger partial charge is 0.478 e. The molecule has 0 heterocycles. The van der Waals surface area contributed by atoms with Crippen LogP contribution in [0.5, 0.6) is 0 Å². The lowest BCUT2D eigenvalue weighted by molar-refractivity contribution is 0.0692. The van der Waals surface area contributed by atoms with E-state index in [9.17, 15) is 14.7 Å². The van der Waals surface area contributed by atoms with Crippen molar-refractivity contribution in [1.82, 2.24) is 0 Å². The molecule has 0 bridgehead atoms. The van der Waals surface area contributed by atoms with E-state index in [1.165, 1.54) is 0 Å². The summed E-state index contributed by atoms with van der Waals surface area (Å²) in [5.74, 6) is -1.33. The van der Waals surface area contributed by atoms with Gasteiger partial charge >= 0.3 is 5.97 Å². The number of aromatic carboxylic acids is 1. The number of benzene rings is 2. The van der Waals surface area contributed by atoms with Crippen molar-refractivity contribution < 1.29 is 14.7 Å². The standard InChI is InChI=1S/C17H16O3/c1-10-7-8-13(9-12(10)3)16(18)14-6-4-5-11(2)15(14)17(19)20/h4-9H,1-3H3,(H,19,20). The summed E-state index contributed by atoms with van der Waals surface area (Å²) >= 11 is 0. The molecule has 0 aliphatic carbocycles. The van der Waals surface area contributed by atoms with E-state index in [1.807, 2.05) is 19.9 Å². The minimum absolute atomic E-state index is 0.0794. The lowest BCUT2D eigenvalue weighted by atomic mass is 9.94.